The van der Waals surface area contributed by atoms with Crippen LogP contribution in [0.1, 0.15) is 133 Å². The monoisotopic (exact) mass is 808 g/mol. The van der Waals surface area contributed by atoms with E-state index in [1.54, 1.807) is 0 Å². The van der Waals surface area contributed by atoms with E-state index >= 15 is 0 Å². The fourth-order valence-corrected chi connectivity index (χ4v) is 7.02. The summed E-state index contributed by atoms with van der Waals surface area (Å²) in [6, 6.07) is 32.7. The zero-order valence-electron chi connectivity index (χ0n) is 33.8. The predicted molar refractivity (Wildman–Crippen MR) is 215 cm³/mol. The van der Waals surface area contributed by atoms with Crippen molar-refractivity contribution in [3.05, 3.63) is 153 Å². The molecule has 0 saturated carbocycles. The van der Waals surface area contributed by atoms with Crippen molar-refractivity contribution in [2.24, 2.45) is 11.3 Å². The first-order chi connectivity index (χ1) is 23.4. The summed E-state index contributed by atoms with van der Waals surface area (Å²) in [6.45, 7) is 26.9. The van der Waals surface area contributed by atoms with Crippen molar-refractivity contribution in [3.8, 4) is 11.1 Å². The molecule has 1 unspecified atom stereocenters. The van der Waals surface area contributed by atoms with Gasteiger partial charge in [0.25, 0.3) is 0 Å². The number of allylic oxidation sites excluding steroid dienone is 4. The number of fused-ring (bicyclic) bond motifs is 3. The number of halogens is 2. The van der Waals surface area contributed by atoms with Gasteiger partial charge in [-0.2, -0.15) is 35.4 Å². The number of unbranched alkanes of at least 4 members (excludes halogenated alkanes) is 1. The summed E-state index contributed by atoms with van der Waals surface area (Å²) in [6.07, 6.45) is 12.9. The summed E-state index contributed by atoms with van der Waals surface area (Å²) in [5, 5.41) is 0. The summed E-state index contributed by atoms with van der Waals surface area (Å²) in [7, 11) is 0. The number of hydrogen-bond donors (Lipinski definition) is 0. The second-order valence-corrected chi connectivity index (χ2v) is 18.6. The SMILES string of the molecule is CC(C)(C)c1[c-]c2c(cc1)-c1ccc(C(C)(C)C)cc1C2.CCCCC1[C-]=CC(C(C)(C)C)=C1.Cc1ccc([C](=[Zr+2])c2ccc(C)cc2)cc1.[Cl-].[Cl-]. The Morgan fingerprint density at radius 3 is 1.69 bits per heavy atom. The van der Waals surface area contributed by atoms with Crippen molar-refractivity contribution in [1.82, 2.24) is 0 Å². The average molecular weight is 811 g/mol. The van der Waals surface area contributed by atoms with Crippen molar-refractivity contribution in [3.63, 3.8) is 0 Å². The number of rotatable bonds is 5. The molecule has 2 aliphatic rings. The molecule has 52 heavy (non-hydrogen) atoms. The first-order valence-corrected chi connectivity index (χ1v) is 19.8. The van der Waals surface area contributed by atoms with E-state index in [-0.39, 0.29) is 35.6 Å². The second-order valence-electron chi connectivity index (χ2n) is 17.4. The predicted octanol–water partition coefficient (Wildman–Crippen LogP) is 7.22. The molecule has 276 valence electrons. The van der Waals surface area contributed by atoms with E-state index in [9.17, 15) is 0 Å². The van der Waals surface area contributed by atoms with E-state index < -0.39 is 0 Å². The molecule has 3 heteroatoms. The molecule has 0 nitrogen and oxygen atoms in total. The van der Waals surface area contributed by atoms with Gasteiger partial charge in [-0.3, -0.25) is 6.08 Å². The molecular weight excluding hydrogens is 751 g/mol. The summed E-state index contributed by atoms with van der Waals surface area (Å²) in [5.74, 6) is 0.592. The normalized spacial score (nSPS) is 14.3. The van der Waals surface area contributed by atoms with Crippen LogP contribution in [0.5, 0.6) is 0 Å². The number of benzene rings is 4. The Morgan fingerprint density at radius 2 is 1.23 bits per heavy atom. The van der Waals surface area contributed by atoms with Gasteiger partial charge in [0.05, 0.1) is 0 Å². The second kappa shape index (κ2) is 19.3. The van der Waals surface area contributed by atoms with Crippen LogP contribution in [0.4, 0.5) is 0 Å². The Morgan fingerprint density at radius 1 is 0.692 bits per heavy atom. The standard InChI is InChI=1S/C21H25.C15H14.C13H21.2ClH.Zr/c1-20(2,3)16-7-9-18-14(12-16)11-15-13-17(21(4,5)6)8-10-19(15)18;1-12-3-7-14(8-4-12)11-15-9-5-13(2)6-10-15;1-5-6-7-11-8-9-12(10-11)13(2,3)4;;;/h7-10,12H,11H2,1-6H3;3-10H,1-2H3;9-11H,5-7H2,1-4H3;2*1H;/q-1;;-1;;;+2/p-2. The van der Waals surface area contributed by atoms with Gasteiger partial charge < -0.3 is 24.8 Å². The van der Waals surface area contributed by atoms with Gasteiger partial charge in [0.15, 0.2) is 0 Å². The van der Waals surface area contributed by atoms with Gasteiger partial charge in [0.1, 0.15) is 0 Å². The molecular formula is C49H60Cl2Zr-2. The van der Waals surface area contributed by atoms with Crippen LogP contribution in [0.25, 0.3) is 11.1 Å². The van der Waals surface area contributed by atoms with Crippen LogP contribution in [0.15, 0.2) is 96.6 Å². The minimum atomic E-state index is 0. The summed E-state index contributed by atoms with van der Waals surface area (Å²) in [5.41, 5.74) is 15.8. The van der Waals surface area contributed by atoms with Crippen molar-refractivity contribution < 1.29 is 49.0 Å². The van der Waals surface area contributed by atoms with Gasteiger partial charge in [-0.25, -0.2) is 6.08 Å². The molecule has 0 N–H and O–H groups in total. The zero-order valence-corrected chi connectivity index (χ0v) is 37.8. The topological polar surface area (TPSA) is 0 Å². The Labute approximate surface area is 345 Å². The maximum atomic E-state index is 3.67. The summed E-state index contributed by atoms with van der Waals surface area (Å²) < 4.78 is 1.42. The van der Waals surface area contributed by atoms with E-state index in [2.05, 4.69) is 186 Å². The average Bonchev–Trinajstić information content (AvgIpc) is 3.68. The minimum absolute atomic E-state index is 0. The third kappa shape index (κ3) is 12.6. The Hall–Kier alpha value is -2.31. The minimum Gasteiger partial charge on any atom is -1.00 e. The van der Waals surface area contributed by atoms with E-state index in [1.165, 1.54) is 108 Å². The number of hydrogen-bond acceptors (Lipinski definition) is 0. The molecule has 0 bridgehead atoms. The van der Waals surface area contributed by atoms with Gasteiger partial charge in [-0.1, -0.05) is 124 Å². The molecule has 1 atom stereocenters. The molecule has 0 spiro atoms. The molecule has 0 radical (unpaired) electrons. The van der Waals surface area contributed by atoms with Crippen LogP contribution < -0.4 is 24.8 Å². The van der Waals surface area contributed by atoms with Crippen LogP contribution in [-0.2, 0) is 41.5 Å². The molecule has 4 aromatic rings. The molecule has 0 heterocycles. The summed E-state index contributed by atoms with van der Waals surface area (Å²) >= 11 is 1.46. The van der Waals surface area contributed by atoms with Gasteiger partial charge in [-0.05, 0) is 28.4 Å². The molecule has 0 saturated heterocycles. The Bertz CT molecular complexity index is 1710. The van der Waals surface area contributed by atoms with E-state index in [4.69, 9.17) is 0 Å². The van der Waals surface area contributed by atoms with Crippen LogP contribution >= 0.6 is 0 Å². The fourth-order valence-electron chi connectivity index (χ4n) is 6.20. The summed E-state index contributed by atoms with van der Waals surface area (Å²) in [4.78, 5) is 0. The molecule has 0 aliphatic heterocycles. The van der Waals surface area contributed by atoms with Gasteiger partial charge >= 0.3 is 112 Å². The van der Waals surface area contributed by atoms with E-state index in [0.29, 0.717) is 11.3 Å². The van der Waals surface area contributed by atoms with Crippen molar-refractivity contribution in [2.45, 2.75) is 120 Å². The quantitative estimate of drug-likeness (QED) is 0.165. The maximum absolute atomic E-state index is 3.67. The van der Waals surface area contributed by atoms with Crippen molar-refractivity contribution >= 4 is 3.21 Å². The molecule has 0 aromatic heterocycles. The largest absolute Gasteiger partial charge is 1.00 e. The van der Waals surface area contributed by atoms with Gasteiger partial charge in [-0.15, -0.1) is 11.1 Å². The van der Waals surface area contributed by atoms with Crippen LogP contribution in [0.2, 0.25) is 0 Å². The van der Waals surface area contributed by atoms with E-state index in [0.717, 1.165) is 6.42 Å². The van der Waals surface area contributed by atoms with Crippen LogP contribution in [0.3, 0.4) is 0 Å². The third-order valence-corrected chi connectivity index (χ3v) is 11.1. The Balaban J connectivity index is 0.000000273. The van der Waals surface area contributed by atoms with Crippen LogP contribution in [0, 0.1) is 37.3 Å². The first kappa shape index (κ1) is 45.8. The molecule has 0 fully saturated rings. The van der Waals surface area contributed by atoms with Crippen LogP contribution in [-0.4, -0.2) is 3.21 Å². The first-order valence-electron chi connectivity index (χ1n) is 18.6. The zero-order chi connectivity index (χ0) is 36.9. The number of aryl methyl sites for hydroxylation is 2. The fraction of sp³-hybridized carbons (Fsp3) is 0.408. The van der Waals surface area contributed by atoms with Gasteiger partial charge in [0.2, 0.25) is 0 Å². The Kier molecular flexibility index (Phi) is 17.0. The third-order valence-electron chi connectivity index (χ3n) is 9.71. The molecule has 2 aliphatic carbocycles. The van der Waals surface area contributed by atoms with Crippen molar-refractivity contribution in [1.29, 1.82) is 0 Å². The smallest absolute Gasteiger partial charge is 1.00 e. The molecule has 4 aromatic carbocycles. The molecule has 0 amide bonds. The maximum Gasteiger partial charge on any atom is -1.00 e. The van der Waals surface area contributed by atoms with E-state index in [1.807, 2.05) is 0 Å². The molecule has 6 rings (SSSR count). The van der Waals surface area contributed by atoms with Crippen molar-refractivity contribution in [2.75, 3.05) is 0 Å². The van der Waals surface area contributed by atoms with Gasteiger partial charge in [0, 0.05) is 0 Å².